The van der Waals surface area contributed by atoms with Crippen LogP contribution in [0.1, 0.15) is 24.2 Å². The minimum Gasteiger partial charge on any atom is -0.341 e. The number of likely N-dealkylation sites (tertiary alicyclic amines) is 1. The van der Waals surface area contributed by atoms with E-state index in [0.717, 1.165) is 24.1 Å². The van der Waals surface area contributed by atoms with Gasteiger partial charge >= 0.3 is 5.69 Å². The van der Waals surface area contributed by atoms with Crippen LogP contribution in [0.4, 0.5) is 0 Å². The van der Waals surface area contributed by atoms with Crippen molar-refractivity contribution in [3.63, 3.8) is 0 Å². The molecule has 1 saturated heterocycles. The van der Waals surface area contributed by atoms with Crippen LogP contribution in [0.5, 0.6) is 0 Å². The van der Waals surface area contributed by atoms with Crippen molar-refractivity contribution >= 4 is 5.91 Å². The van der Waals surface area contributed by atoms with E-state index in [1.165, 1.54) is 16.9 Å². The topological polar surface area (TPSA) is 106 Å². The zero-order valence-corrected chi connectivity index (χ0v) is 16.8. The van der Waals surface area contributed by atoms with E-state index < -0.39 is 0 Å². The van der Waals surface area contributed by atoms with Crippen LogP contribution in [0.2, 0.25) is 0 Å². The van der Waals surface area contributed by atoms with E-state index in [0.29, 0.717) is 31.3 Å². The molecule has 156 valence electrons. The van der Waals surface area contributed by atoms with Crippen molar-refractivity contribution in [3.8, 4) is 5.69 Å². The summed E-state index contributed by atoms with van der Waals surface area (Å²) in [6.07, 6.45) is 3.79. The molecule has 0 unspecified atom stereocenters. The molecule has 9 heteroatoms. The fraction of sp³-hybridized carbons (Fsp3) is 0.381. The molecule has 0 saturated carbocycles. The molecule has 0 spiro atoms. The molecule has 1 amide bonds. The van der Waals surface area contributed by atoms with Gasteiger partial charge in [0.15, 0.2) is 0 Å². The molecule has 1 aromatic carbocycles. The summed E-state index contributed by atoms with van der Waals surface area (Å²) in [5, 5.41) is 10.8. The number of carbonyl (C=O) groups is 1. The van der Waals surface area contributed by atoms with Crippen molar-refractivity contribution in [1.82, 2.24) is 29.4 Å². The number of benzene rings is 1. The van der Waals surface area contributed by atoms with Gasteiger partial charge in [-0.3, -0.25) is 9.59 Å². The lowest BCUT2D eigenvalue weighted by Crippen LogP contribution is -2.42. The number of para-hydroxylation sites is 1. The first-order chi connectivity index (χ1) is 14.5. The van der Waals surface area contributed by atoms with Crippen molar-refractivity contribution in [2.45, 2.75) is 32.7 Å². The van der Waals surface area contributed by atoms with Gasteiger partial charge in [0.05, 0.1) is 5.69 Å². The first-order valence-corrected chi connectivity index (χ1v) is 10.0. The average Bonchev–Trinajstić information content (AvgIpc) is 3.10. The summed E-state index contributed by atoms with van der Waals surface area (Å²) in [6, 6.07) is 10.7. The summed E-state index contributed by atoms with van der Waals surface area (Å²) < 4.78 is 2.82. The third-order valence-corrected chi connectivity index (χ3v) is 5.61. The molecule has 3 heterocycles. The molecule has 3 aromatic rings. The molecule has 1 N–H and O–H groups in total. The molecule has 1 aliphatic heterocycles. The van der Waals surface area contributed by atoms with Gasteiger partial charge in [0.2, 0.25) is 5.91 Å². The molecule has 0 bridgehead atoms. The highest BCUT2D eigenvalue weighted by Gasteiger charge is 2.25. The number of H-pyrrole nitrogens is 1. The highest BCUT2D eigenvalue weighted by molar-refractivity contribution is 5.75. The first kappa shape index (κ1) is 19.8. The van der Waals surface area contributed by atoms with Crippen LogP contribution in [0.25, 0.3) is 5.69 Å². The first-order valence-electron chi connectivity index (χ1n) is 10.0. The van der Waals surface area contributed by atoms with Gasteiger partial charge in [-0.1, -0.05) is 18.2 Å². The monoisotopic (exact) mass is 408 g/mol. The van der Waals surface area contributed by atoms with E-state index in [4.69, 9.17) is 0 Å². The Bertz CT molecular complexity index is 1150. The number of hydrogen-bond donors (Lipinski definition) is 1. The van der Waals surface area contributed by atoms with Crippen molar-refractivity contribution in [1.29, 1.82) is 0 Å². The number of amides is 1. The van der Waals surface area contributed by atoms with Crippen LogP contribution in [0, 0.1) is 12.8 Å². The van der Waals surface area contributed by atoms with Crippen LogP contribution in [0.15, 0.2) is 52.2 Å². The van der Waals surface area contributed by atoms with E-state index in [9.17, 15) is 14.4 Å². The summed E-state index contributed by atoms with van der Waals surface area (Å²) in [4.78, 5) is 38.4. The molecule has 1 fully saturated rings. The highest BCUT2D eigenvalue weighted by Crippen LogP contribution is 2.22. The van der Waals surface area contributed by atoms with Crippen molar-refractivity contribution in [2.24, 2.45) is 5.92 Å². The largest absolute Gasteiger partial charge is 0.347 e. The second kappa shape index (κ2) is 8.48. The Balaban J connectivity index is 1.40. The zero-order chi connectivity index (χ0) is 21.1. The molecule has 0 radical (unpaired) electrons. The molecule has 2 aromatic heterocycles. The van der Waals surface area contributed by atoms with Gasteiger partial charge in [-0.05, 0) is 43.4 Å². The van der Waals surface area contributed by atoms with Gasteiger partial charge in [-0.2, -0.15) is 10.2 Å². The lowest BCUT2D eigenvalue weighted by molar-refractivity contribution is -0.133. The number of aromatic nitrogens is 5. The van der Waals surface area contributed by atoms with E-state index in [-0.39, 0.29) is 23.7 Å². The number of aromatic amines is 1. The van der Waals surface area contributed by atoms with Crippen molar-refractivity contribution in [2.75, 3.05) is 13.1 Å². The van der Waals surface area contributed by atoms with Gasteiger partial charge in [0.25, 0.3) is 5.56 Å². The molecule has 1 aliphatic rings. The van der Waals surface area contributed by atoms with E-state index >= 15 is 0 Å². The Morgan fingerprint density at radius 1 is 1.13 bits per heavy atom. The maximum absolute atomic E-state index is 12.5. The third kappa shape index (κ3) is 4.10. The van der Waals surface area contributed by atoms with E-state index in [1.54, 1.807) is 15.5 Å². The number of piperidine rings is 1. The molecule has 0 aliphatic carbocycles. The lowest BCUT2D eigenvalue weighted by atomic mass is 9.93. The third-order valence-electron chi connectivity index (χ3n) is 5.61. The maximum atomic E-state index is 12.5. The summed E-state index contributed by atoms with van der Waals surface area (Å²) in [7, 11) is 0. The van der Waals surface area contributed by atoms with E-state index in [1.807, 2.05) is 31.2 Å². The quantitative estimate of drug-likeness (QED) is 0.675. The molecule has 0 atom stereocenters. The average molecular weight is 408 g/mol. The number of nitrogens with zero attached hydrogens (tertiary/aromatic N) is 5. The minimum absolute atomic E-state index is 0.0451. The Kier molecular flexibility index (Phi) is 5.60. The molecular weight excluding hydrogens is 384 g/mol. The van der Waals surface area contributed by atoms with Crippen molar-refractivity contribution < 1.29 is 4.79 Å². The number of rotatable bonds is 5. The van der Waals surface area contributed by atoms with Crippen LogP contribution in [0.3, 0.4) is 0 Å². The van der Waals surface area contributed by atoms with Crippen LogP contribution >= 0.6 is 0 Å². The lowest BCUT2D eigenvalue weighted by Gasteiger charge is -2.32. The standard InChI is InChI=1S/C21H24N6O3/c1-15-5-2-3-6-17(15)27-18(23-24-21(27)30)13-16-8-11-25(12-9-16)20(29)14-26-19(28)7-4-10-22-26/h2-7,10,16H,8-9,11-14H2,1H3,(H,24,30). The Morgan fingerprint density at radius 2 is 1.90 bits per heavy atom. The van der Waals surface area contributed by atoms with Crippen molar-refractivity contribution in [3.05, 3.63) is 74.8 Å². The molecular formula is C21H24N6O3. The fourth-order valence-corrected chi connectivity index (χ4v) is 3.91. The van der Waals surface area contributed by atoms with Gasteiger partial charge in [0, 0.05) is 31.8 Å². The Labute approximate surface area is 173 Å². The minimum atomic E-state index is -0.284. The fourth-order valence-electron chi connectivity index (χ4n) is 3.91. The number of hydrogen-bond acceptors (Lipinski definition) is 5. The predicted octanol–water partition coefficient (Wildman–Crippen LogP) is 0.907. The second-order valence-electron chi connectivity index (χ2n) is 7.61. The smallest absolute Gasteiger partial charge is 0.341 e. The Morgan fingerprint density at radius 3 is 2.63 bits per heavy atom. The predicted molar refractivity (Wildman–Crippen MR) is 110 cm³/mol. The van der Waals surface area contributed by atoms with Crippen LogP contribution in [-0.4, -0.2) is 48.4 Å². The van der Waals surface area contributed by atoms with E-state index in [2.05, 4.69) is 15.3 Å². The highest BCUT2D eigenvalue weighted by atomic mass is 16.2. The summed E-state index contributed by atoms with van der Waals surface area (Å²) in [5.74, 6) is 0.926. The Hall–Kier alpha value is -3.49. The van der Waals surface area contributed by atoms with Crippen LogP contribution in [-0.2, 0) is 17.8 Å². The van der Waals surface area contributed by atoms with Gasteiger partial charge in [0.1, 0.15) is 12.4 Å². The molecule has 4 rings (SSSR count). The molecule has 9 nitrogen and oxygen atoms in total. The summed E-state index contributed by atoms with van der Waals surface area (Å²) in [5.41, 5.74) is 1.31. The summed E-state index contributed by atoms with van der Waals surface area (Å²) in [6.45, 7) is 3.15. The van der Waals surface area contributed by atoms with Gasteiger partial charge < -0.3 is 4.90 Å². The maximum Gasteiger partial charge on any atom is 0.347 e. The zero-order valence-electron chi connectivity index (χ0n) is 16.8. The number of nitrogens with one attached hydrogen (secondary N) is 1. The van der Waals surface area contributed by atoms with Gasteiger partial charge in [-0.15, -0.1) is 0 Å². The number of aryl methyl sites for hydroxylation is 1. The molecule has 30 heavy (non-hydrogen) atoms. The normalized spacial score (nSPS) is 14.8. The summed E-state index contributed by atoms with van der Waals surface area (Å²) >= 11 is 0. The van der Waals surface area contributed by atoms with Crippen LogP contribution < -0.4 is 11.2 Å². The second-order valence-corrected chi connectivity index (χ2v) is 7.61. The van der Waals surface area contributed by atoms with Gasteiger partial charge in [-0.25, -0.2) is 19.1 Å². The number of carbonyl (C=O) groups excluding carboxylic acids is 1. The SMILES string of the molecule is Cc1ccccc1-n1c(CC2CCN(C(=O)Cn3ncccc3=O)CC2)n[nH]c1=O.